The summed E-state index contributed by atoms with van der Waals surface area (Å²) in [6, 6.07) is 6.36. The lowest BCUT2D eigenvalue weighted by Crippen LogP contribution is -2.19. The Balaban J connectivity index is 2.49. The molecule has 0 aliphatic rings. The second-order valence-corrected chi connectivity index (χ2v) is 4.01. The van der Waals surface area contributed by atoms with Gasteiger partial charge in [0.15, 0.2) is 0 Å². The molecule has 2 aromatic rings. The average molecular weight is 203 g/mol. The number of nitrogens with zero attached hydrogens (tertiary/aromatic N) is 2. The number of imidazole rings is 1. The van der Waals surface area contributed by atoms with Gasteiger partial charge in [-0.2, -0.15) is 0 Å². The van der Waals surface area contributed by atoms with Crippen molar-refractivity contribution in [2.45, 2.75) is 32.7 Å². The molecule has 15 heavy (non-hydrogen) atoms. The number of aromatic nitrogens is 2. The Morgan fingerprint density at radius 1 is 1.47 bits per heavy atom. The van der Waals surface area contributed by atoms with Crippen LogP contribution in [0, 0.1) is 0 Å². The van der Waals surface area contributed by atoms with Crippen molar-refractivity contribution in [3.05, 3.63) is 35.8 Å². The van der Waals surface area contributed by atoms with Crippen LogP contribution >= 0.6 is 0 Å². The first kappa shape index (κ1) is 10.2. The minimum atomic E-state index is 0.183. The lowest BCUT2D eigenvalue weighted by Gasteiger charge is -2.07. The van der Waals surface area contributed by atoms with E-state index < -0.39 is 0 Å². The molecule has 0 bridgehead atoms. The summed E-state index contributed by atoms with van der Waals surface area (Å²) in [6.45, 7) is 4.14. The number of hydrogen-bond donors (Lipinski definition) is 1. The Kier molecular flexibility index (Phi) is 2.73. The monoisotopic (exact) mass is 203 g/mol. The maximum Gasteiger partial charge on any atom is 0.137 e. The van der Waals surface area contributed by atoms with E-state index in [0.29, 0.717) is 0 Å². The zero-order valence-corrected chi connectivity index (χ0v) is 9.27. The van der Waals surface area contributed by atoms with Crippen molar-refractivity contribution < 1.29 is 0 Å². The maximum absolute atomic E-state index is 5.82. The minimum Gasteiger partial charge on any atom is -0.328 e. The second-order valence-electron chi connectivity index (χ2n) is 4.01. The largest absolute Gasteiger partial charge is 0.328 e. The van der Waals surface area contributed by atoms with Gasteiger partial charge in [0.2, 0.25) is 0 Å². The average Bonchev–Trinajstić information content (AvgIpc) is 2.61. The molecule has 3 nitrogen and oxygen atoms in total. The molecule has 0 aliphatic carbocycles. The molecule has 0 fully saturated rings. The van der Waals surface area contributed by atoms with Crippen LogP contribution in [-0.2, 0) is 12.8 Å². The molecule has 0 saturated heterocycles. The molecule has 0 radical (unpaired) electrons. The molecule has 3 heteroatoms. The molecule has 2 rings (SSSR count). The number of rotatable bonds is 3. The summed E-state index contributed by atoms with van der Waals surface area (Å²) in [7, 11) is 0. The number of aryl methyl sites for hydroxylation is 1. The minimum absolute atomic E-state index is 0.183. The van der Waals surface area contributed by atoms with Gasteiger partial charge in [0.05, 0.1) is 5.69 Å². The molecule has 80 valence electrons. The maximum atomic E-state index is 5.82. The lowest BCUT2D eigenvalue weighted by molar-refractivity contribution is 0.714. The summed E-state index contributed by atoms with van der Waals surface area (Å²) >= 11 is 0. The van der Waals surface area contributed by atoms with Crippen molar-refractivity contribution in [2.24, 2.45) is 5.73 Å². The molecule has 1 unspecified atom stereocenters. The summed E-state index contributed by atoms with van der Waals surface area (Å²) in [5.74, 6) is 0. The van der Waals surface area contributed by atoms with E-state index in [-0.39, 0.29) is 6.04 Å². The lowest BCUT2D eigenvalue weighted by atomic mass is 10.2. The van der Waals surface area contributed by atoms with E-state index in [9.17, 15) is 0 Å². The standard InChI is InChI=1S/C12H17N3/c1-3-10-8-15-11(7-9(2)13)5-4-6-12(15)14-10/h4-6,8-9H,3,7,13H2,1-2H3. The third-order valence-electron chi connectivity index (χ3n) is 2.52. The topological polar surface area (TPSA) is 43.3 Å². The first-order valence-corrected chi connectivity index (χ1v) is 5.42. The Bertz CT molecular complexity index is 457. The highest BCUT2D eigenvalue weighted by molar-refractivity contribution is 5.42. The van der Waals surface area contributed by atoms with Gasteiger partial charge >= 0.3 is 0 Å². The van der Waals surface area contributed by atoms with Crippen LogP contribution in [0.5, 0.6) is 0 Å². The van der Waals surface area contributed by atoms with Gasteiger partial charge in [-0.1, -0.05) is 13.0 Å². The Morgan fingerprint density at radius 2 is 2.27 bits per heavy atom. The summed E-state index contributed by atoms with van der Waals surface area (Å²) in [6.07, 6.45) is 3.96. The Labute approximate surface area is 89.9 Å². The van der Waals surface area contributed by atoms with Gasteiger partial charge in [-0.3, -0.25) is 0 Å². The van der Waals surface area contributed by atoms with E-state index in [1.165, 1.54) is 5.69 Å². The van der Waals surface area contributed by atoms with Crippen molar-refractivity contribution >= 4 is 5.65 Å². The normalized spacial score (nSPS) is 13.3. The van der Waals surface area contributed by atoms with E-state index in [1.807, 2.05) is 19.1 Å². The number of hydrogen-bond acceptors (Lipinski definition) is 2. The molecule has 0 aromatic carbocycles. The molecule has 0 saturated carbocycles. The molecular weight excluding hydrogens is 186 g/mol. The number of nitrogens with two attached hydrogens (primary N) is 1. The second kappa shape index (κ2) is 4.03. The smallest absolute Gasteiger partial charge is 0.137 e. The van der Waals surface area contributed by atoms with E-state index in [1.54, 1.807) is 0 Å². The Hall–Kier alpha value is -1.35. The first-order valence-electron chi connectivity index (χ1n) is 5.42. The fourth-order valence-electron chi connectivity index (χ4n) is 1.78. The van der Waals surface area contributed by atoms with Crippen LogP contribution in [0.3, 0.4) is 0 Å². The quantitative estimate of drug-likeness (QED) is 0.826. The van der Waals surface area contributed by atoms with Crippen LogP contribution in [0.4, 0.5) is 0 Å². The molecular formula is C12H17N3. The summed E-state index contributed by atoms with van der Waals surface area (Å²) in [5, 5.41) is 0. The highest BCUT2D eigenvalue weighted by Gasteiger charge is 2.05. The van der Waals surface area contributed by atoms with Crippen LogP contribution < -0.4 is 5.73 Å². The zero-order chi connectivity index (χ0) is 10.8. The highest BCUT2D eigenvalue weighted by Crippen LogP contribution is 2.10. The van der Waals surface area contributed by atoms with Gasteiger partial charge in [0.25, 0.3) is 0 Å². The van der Waals surface area contributed by atoms with Gasteiger partial charge in [0, 0.05) is 24.4 Å². The molecule has 0 spiro atoms. The van der Waals surface area contributed by atoms with Crippen molar-refractivity contribution in [1.29, 1.82) is 0 Å². The number of fused-ring (bicyclic) bond motifs is 1. The van der Waals surface area contributed by atoms with E-state index >= 15 is 0 Å². The predicted molar refractivity (Wildman–Crippen MR) is 61.9 cm³/mol. The van der Waals surface area contributed by atoms with Gasteiger partial charge in [-0.05, 0) is 25.5 Å². The fourth-order valence-corrected chi connectivity index (χ4v) is 1.78. The number of pyridine rings is 1. The third-order valence-corrected chi connectivity index (χ3v) is 2.52. The molecule has 0 amide bonds. The van der Waals surface area contributed by atoms with Crippen LogP contribution in [0.25, 0.3) is 5.65 Å². The predicted octanol–water partition coefficient (Wildman–Crippen LogP) is 1.79. The summed E-state index contributed by atoms with van der Waals surface area (Å²) in [4.78, 5) is 4.52. The van der Waals surface area contributed by atoms with E-state index in [0.717, 1.165) is 24.2 Å². The van der Waals surface area contributed by atoms with Gasteiger partial charge < -0.3 is 10.1 Å². The van der Waals surface area contributed by atoms with Crippen molar-refractivity contribution in [3.63, 3.8) is 0 Å². The van der Waals surface area contributed by atoms with Crippen LogP contribution in [-0.4, -0.2) is 15.4 Å². The van der Waals surface area contributed by atoms with Gasteiger partial charge in [-0.15, -0.1) is 0 Å². The fraction of sp³-hybridized carbons (Fsp3) is 0.417. The van der Waals surface area contributed by atoms with E-state index in [4.69, 9.17) is 5.73 Å². The molecule has 2 heterocycles. The highest BCUT2D eigenvalue weighted by atomic mass is 15.0. The van der Waals surface area contributed by atoms with Crippen molar-refractivity contribution in [1.82, 2.24) is 9.38 Å². The van der Waals surface area contributed by atoms with E-state index in [2.05, 4.69) is 28.6 Å². The van der Waals surface area contributed by atoms with Gasteiger partial charge in [-0.25, -0.2) is 4.98 Å². The van der Waals surface area contributed by atoms with Crippen molar-refractivity contribution in [3.8, 4) is 0 Å². The summed E-state index contributed by atoms with van der Waals surface area (Å²) < 4.78 is 2.14. The SMILES string of the molecule is CCc1cn2c(CC(C)N)cccc2n1. The zero-order valence-electron chi connectivity index (χ0n) is 9.27. The molecule has 2 aromatic heterocycles. The molecule has 1 atom stereocenters. The molecule has 0 aliphatic heterocycles. The summed E-state index contributed by atoms with van der Waals surface area (Å²) in [5.41, 5.74) is 9.20. The Morgan fingerprint density at radius 3 is 2.93 bits per heavy atom. The van der Waals surface area contributed by atoms with Crippen LogP contribution in [0.15, 0.2) is 24.4 Å². The first-order chi connectivity index (χ1) is 7.20. The van der Waals surface area contributed by atoms with Crippen LogP contribution in [0.1, 0.15) is 25.2 Å². The van der Waals surface area contributed by atoms with Gasteiger partial charge in [0.1, 0.15) is 5.65 Å². The molecule has 2 N–H and O–H groups in total. The van der Waals surface area contributed by atoms with Crippen molar-refractivity contribution in [2.75, 3.05) is 0 Å². The van der Waals surface area contributed by atoms with Crippen LogP contribution in [0.2, 0.25) is 0 Å². The third kappa shape index (κ3) is 2.02.